The molecule has 1 aliphatic rings. The molecule has 5 rings (SSSR count). The molecule has 3 N–H and O–H groups in total. The monoisotopic (exact) mass is 569 g/mol. The van der Waals surface area contributed by atoms with Gasteiger partial charge in [0.2, 0.25) is 10.0 Å². The molecule has 0 bridgehead atoms. The lowest BCUT2D eigenvalue weighted by atomic mass is 9.98. The maximum absolute atomic E-state index is 13.4. The lowest BCUT2D eigenvalue weighted by Crippen LogP contribution is -2.34. The van der Waals surface area contributed by atoms with Gasteiger partial charge in [0, 0.05) is 48.6 Å². The highest BCUT2D eigenvalue weighted by Gasteiger charge is 2.32. The van der Waals surface area contributed by atoms with Gasteiger partial charge in [0.1, 0.15) is 0 Å². The zero-order chi connectivity index (χ0) is 29.3. The van der Waals surface area contributed by atoms with Gasteiger partial charge in [0.25, 0.3) is 5.91 Å². The molecule has 0 radical (unpaired) electrons. The van der Waals surface area contributed by atoms with Gasteiger partial charge in [-0.3, -0.25) is 9.59 Å². The first-order chi connectivity index (χ1) is 19.6. The van der Waals surface area contributed by atoms with Crippen LogP contribution in [0.1, 0.15) is 43.4 Å². The van der Waals surface area contributed by atoms with Gasteiger partial charge in [-0.1, -0.05) is 66.7 Å². The van der Waals surface area contributed by atoms with E-state index in [2.05, 4.69) is 10.0 Å². The summed E-state index contributed by atoms with van der Waals surface area (Å²) >= 11 is 0. The van der Waals surface area contributed by atoms with Crippen LogP contribution in [0, 0.1) is 0 Å². The second-order valence-corrected chi connectivity index (χ2v) is 11.6. The summed E-state index contributed by atoms with van der Waals surface area (Å²) in [4.78, 5) is 40.4. The number of ketones is 1. The fraction of sp³-hybridized carbons (Fsp3) is 0.129. The summed E-state index contributed by atoms with van der Waals surface area (Å²) in [6, 6.07) is 23.2. The van der Waals surface area contributed by atoms with Crippen molar-refractivity contribution in [1.29, 1.82) is 0 Å². The van der Waals surface area contributed by atoms with Gasteiger partial charge in [0.05, 0.1) is 4.90 Å². The Kier molecular flexibility index (Phi) is 7.44. The molecule has 41 heavy (non-hydrogen) atoms. The maximum Gasteiger partial charge on any atom is 0.330 e. The number of carbonyl (C=O) groups is 3. The van der Waals surface area contributed by atoms with Crippen molar-refractivity contribution in [2.24, 2.45) is 0 Å². The van der Waals surface area contributed by atoms with E-state index in [1.165, 1.54) is 12.1 Å². The molecule has 0 saturated heterocycles. The molecular weight excluding hydrogens is 542 g/mol. The highest BCUT2D eigenvalue weighted by atomic mass is 32.2. The number of nitrogens with one attached hydrogen (secondary N) is 2. The second-order valence-electron chi connectivity index (χ2n) is 9.81. The largest absolute Gasteiger partial charge is 0.479 e. The maximum atomic E-state index is 13.4. The van der Waals surface area contributed by atoms with Crippen LogP contribution in [0.5, 0.6) is 0 Å². The van der Waals surface area contributed by atoms with Crippen molar-refractivity contribution in [2.75, 3.05) is 19.0 Å². The predicted molar refractivity (Wildman–Crippen MR) is 154 cm³/mol. The van der Waals surface area contributed by atoms with Crippen LogP contribution in [0.25, 0.3) is 11.1 Å². The number of anilines is 1. The standard InChI is InChI=1S/C31H27N3O6S/c1-34(2)21-10-6-11-22(17-21)41(39,40)32-18-19-8-5-9-20(16-19)28(31(37)38)33-30(36)26-15-7-14-25-27(26)23-12-3-4-13-24(23)29(25)35/h3-17,28,32H,18H2,1-2H3,(H,33,36)(H,37,38)/t28-/m1/s1. The third-order valence-corrected chi connectivity index (χ3v) is 8.31. The molecule has 9 nitrogen and oxygen atoms in total. The van der Waals surface area contributed by atoms with E-state index < -0.39 is 27.9 Å². The highest BCUT2D eigenvalue weighted by molar-refractivity contribution is 7.89. The molecule has 0 heterocycles. The zero-order valence-corrected chi connectivity index (χ0v) is 23.1. The van der Waals surface area contributed by atoms with Crippen molar-refractivity contribution in [3.8, 4) is 11.1 Å². The average Bonchev–Trinajstić information content (AvgIpc) is 3.27. The molecule has 1 amide bonds. The molecular formula is C31H27N3O6S. The number of sulfonamides is 1. The minimum atomic E-state index is -3.84. The minimum Gasteiger partial charge on any atom is -0.479 e. The summed E-state index contributed by atoms with van der Waals surface area (Å²) in [5, 5.41) is 12.6. The predicted octanol–water partition coefficient (Wildman–Crippen LogP) is 4.00. The van der Waals surface area contributed by atoms with Gasteiger partial charge in [-0.15, -0.1) is 0 Å². The lowest BCUT2D eigenvalue weighted by Gasteiger charge is -2.18. The zero-order valence-electron chi connectivity index (χ0n) is 22.3. The van der Waals surface area contributed by atoms with Crippen LogP contribution in [0.15, 0.2) is 95.9 Å². The fourth-order valence-electron chi connectivity index (χ4n) is 4.83. The number of hydrogen-bond donors (Lipinski definition) is 3. The van der Waals surface area contributed by atoms with E-state index in [0.717, 1.165) is 5.69 Å². The van der Waals surface area contributed by atoms with Crippen LogP contribution >= 0.6 is 0 Å². The highest BCUT2D eigenvalue weighted by Crippen LogP contribution is 2.39. The molecule has 0 aromatic heterocycles. The summed E-state index contributed by atoms with van der Waals surface area (Å²) in [6.45, 7) is -0.0895. The van der Waals surface area contributed by atoms with Crippen LogP contribution in [0.3, 0.4) is 0 Å². The number of carboxylic acid groups (broad SMARTS) is 1. The van der Waals surface area contributed by atoms with E-state index in [1.54, 1.807) is 83.8 Å². The first-order valence-corrected chi connectivity index (χ1v) is 14.2. The SMILES string of the molecule is CN(C)c1cccc(S(=O)(=O)NCc2cccc([C@@H](NC(=O)c3cccc4c3-c3ccccc3C4=O)C(=O)O)c2)c1. The molecule has 0 saturated carbocycles. The Morgan fingerprint density at radius 2 is 1.54 bits per heavy atom. The molecule has 0 spiro atoms. The van der Waals surface area contributed by atoms with E-state index in [9.17, 15) is 27.9 Å². The Morgan fingerprint density at radius 3 is 2.27 bits per heavy atom. The summed E-state index contributed by atoms with van der Waals surface area (Å²) in [5.74, 6) is -2.13. The number of hydrogen-bond acceptors (Lipinski definition) is 6. The van der Waals surface area contributed by atoms with Gasteiger partial charge in [-0.2, -0.15) is 0 Å². The number of rotatable bonds is 9. The number of benzene rings is 4. The van der Waals surface area contributed by atoms with Crippen molar-refractivity contribution >= 4 is 33.4 Å². The molecule has 208 valence electrons. The summed E-state index contributed by atoms with van der Waals surface area (Å²) in [5.41, 5.74) is 3.66. The van der Waals surface area contributed by atoms with Crippen LogP contribution in [-0.2, 0) is 21.4 Å². The Hall–Kier alpha value is -4.80. The van der Waals surface area contributed by atoms with Crippen molar-refractivity contribution < 1.29 is 27.9 Å². The molecule has 1 aliphatic carbocycles. The lowest BCUT2D eigenvalue weighted by molar-refractivity contribution is -0.139. The number of amides is 1. The summed E-state index contributed by atoms with van der Waals surface area (Å²) < 4.78 is 28.4. The van der Waals surface area contributed by atoms with E-state index >= 15 is 0 Å². The van der Waals surface area contributed by atoms with Gasteiger partial charge in [-0.25, -0.2) is 17.9 Å². The number of nitrogens with zero attached hydrogens (tertiary/aromatic N) is 1. The molecule has 4 aromatic rings. The van der Waals surface area contributed by atoms with Gasteiger partial charge in [0.15, 0.2) is 11.8 Å². The Balaban J connectivity index is 1.37. The van der Waals surface area contributed by atoms with Crippen molar-refractivity contribution in [3.05, 3.63) is 119 Å². The summed E-state index contributed by atoms with van der Waals surface area (Å²) in [6.07, 6.45) is 0. The number of carboxylic acids is 1. The second kappa shape index (κ2) is 11.0. The first-order valence-electron chi connectivity index (χ1n) is 12.7. The molecule has 1 atom stereocenters. The Labute approximate surface area is 237 Å². The molecule has 0 aliphatic heterocycles. The van der Waals surface area contributed by atoms with Crippen LogP contribution in [-0.4, -0.2) is 45.3 Å². The van der Waals surface area contributed by atoms with Crippen LogP contribution in [0.2, 0.25) is 0 Å². The van der Waals surface area contributed by atoms with Crippen molar-refractivity contribution in [1.82, 2.24) is 10.0 Å². The minimum absolute atomic E-state index is 0.0895. The van der Waals surface area contributed by atoms with Gasteiger partial charge < -0.3 is 15.3 Å². The smallest absolute Gasteiger partial charge is 0.330 e. The number of carbonyl (C=O) groups excluding carboxylic acids is 2. The van der Waals surface area contributed by atoms with Gasteiger partial charge in [-0.05, 0) is 41.0 Å². The van der Waals surface area contributed by atoms with Crippen LogP contribution < -0.4 is 14.9 Å². The molecule has 0 fully saturated rings. The topological polar surface area (TPSA) is 133 Å². The molecule has 10 heteroatoms. The first kappa shape index (κ1) is 27.8. The van der Waals surface area contributed by atoms with E-state index in [-0.39, 0.29) is 28.4 Å². The number of fused-ring (bicyclic) bond motifs is 3. The Morgan fingerprint density at radius 1 is 0.854 bits per heavy atom. The van der Waals surface area contributed by atoms with E-state index in [4.69, 9.17) is 0 Å². The van der Waals surface area contributed by atoms with Gasteiger partial charge >= 0.3 is 5.97 Å². The van der Waals surface area contributed by atoms with Crippen molar-refractivity contribution in [3.63, 3.8) is 0 Å². The van der Waals surface area contributed by atoms with Crippen LogP contribution in [0.4, 0.5) is 5.69 Å². The number of aliphatic carboxylic acids is 1. The van der Waals surface area contributed by atoms with E-state index in [0.29, 0.717) is 27.8 Å². The average molecular weight is 570 g/mol. The summed E-state index contributed by atoms with van der Waals surface area (Å²) in [7, 11) is -0.221. The van der Waals surface area contributed by atoms with Crippen molar-refractivity contribution in [2.45, 2.75) is 17.5 Å². The third kappa shape index (κ3) is 5.47. The normalized spacial score (nSPS) is 12.8. The molecule has 0 unspecified atom stereocenters. The van der Waals surface area contributed by atoms with E-state index in [1.807, 2.05) is 14.1 Å². The third-order valence-electron chi connectivity index (χ3n) is 6.91. The quantitative estimate of drug-likeness (QED) is 0.244. The molecule has 4 aromatic carbocycles. The fourth-order valence-corrected chi connectivity index (χ4v) is 5.89. The Bertz CT molecular complexity index is 1800.